The molecule has 21 heavy (non-hydrogen) atoms. The maximum atomic E-state index is 12.6. The average Bonchev–Trinajstić information content (AvgIpc) is 2.93. The van der Waals surface area contributed by atoms with E-state index in [2.05, 4.69) is 35.8 Å². The van der Waals surface area contributed by atoms with Crippen LogP contribution in [0.5, 0.6) is 0 Å². The Morgan fingerprint density at radius 1 is 1.19 bits per heavy atom. The zero-order chi connectivity index (χ0) is 14.4. The number of pyridine rings is 1. The van der Waals surface area contributed by atoms with E-state index < -0.39 is 0 Å². The van der Waals surface area contributed by atoms with Gasteiger partial charge in [0, 0.05) is 23.7 Å². The lowest BCUT2D eigenvalue weighted by molar-refractivity contribution is 0.297. The van der Waals surface area contributed by atoms with E-state index in [4.69, 9.17) is 0 Å². The summed E-state index contributed by atoms with van der Waals surface area (Å²) in [6.45, 7) is 3.18. The van der Waals surface area contributed by atoms with Crippen molar-refractivity contribution in [2.24, 2.45) is 0 Å². The van der Waals surface area contributed by atoms with Crippen molar-refractivity contribution in [3.63, 3.8) is 0 Å². The standard InChI is InChI=1S/C19H21NO/c1-2-19-10-6-12-20-17(21)13-16(14-7-4-3-5-8-14)15(9-11-19)18(19)20/h3-5,7-8,13H,2,6,9-12H2,1H3. The van der Waals surface area contributed by atoms with Gasteiger partial charge in [0.2, 0.25) is 0 Å². The van der Waals surface area contributed by atoms with Crippen molar-refractivity contribution in [3.8, 4) is 11.1 Å². The molecule has 2 heterocycles. The first-order valence-electron chi connectivity index (χ1n) is 8.08. The molecule has 0 N–H and O–H groups in total. The van der Waals surface area contributed by atoms with Crippen molar-refractivity contribution in [2.75, 3.05) is 0 Å². The van der Waals surface area contributed by atoms with Gasteiger partial charge in [0.25, 0.3) is 5.56 Å². The SMILES string of the molecule is CCC12CCCn3c1c(c(-c1ccccc1)cc3=O)CC2. The quantitative estimate of drug-likeness (QED) is 0.817. The zero-order valence-electron chi connectivity index (χ0n) is 12.6. The molecule has 1 aliphatic carbocycles. The summed E-state index contributed by atoms with van der Waals surface area (Å²) in [4.78, 5) is 12.6. The molecule has 1 atom stereocenters. The smallest absolute Gasteiger partial charge is 0.251 e. The highest BCUT2D eigenvalue weighted by atomic mass is 16.1. The monoisotopic (exact) mass is 279 g/mol. The fourth-order valence-electron chi connectivity index (χ4n) is 4.47. The molecule has 0 saturated carbocycles. The van der Waals surface area contributed by atoms with Crippen molar-refractivity contribution >= 4 is 0 Å². The molecule has 4 rings (SSSR count). The summed E-state index contributed by atoms with van der Waals surface area (Å²) in [6, 6.07) is 12.3. The maximum Gasteiger partial charge on any atom is 0.251 e. The Morgan fingerprint density at radius 3 is 2.76 bits per heavy atom. The van der Waals surface area contributed by atoms with Crippen molar-refractivity contribution in [3.05, 3.63) is 58.0 Å². The van der Waals surface area contributed by atoms with Crippen LogP contribution >= 0.6 is 0 Å². The summed E-state index contributed by atoms with van der Waals surface area (Å²) in [7, 11) is 0. The van der Waals surface area contributed by atoms with E-state index in [1.165, 1.54) is 35.2 Å². The van der Waals surface area contributed by atoms with Crippen LogP contribution in [0.4, 0.5) is 0 Å². The second-order valence-corrected chi connectivity index (χ2v) is 6.48. The Bertz CT molecular complexity index is 744. The van der Waals surface area contributed by atoms with Gasteiger partial charge in [-0.05, 0) is 48.8 Å². The number of aromatic nitrogens is 1. The lowest BCUT2D eigenvalue weighted by Crippen LogP contribution is -2.37. The lowest BCUT2D eigenvalue weighted by atomic mass is 9.76. The fourth-order valence-corrected chi connectivity index (χ4v) is 4.47. The van der Waals surface area contributed by atoms with Crippen LogP contribution in [0, 0.1) is 0 Å². The fraction of sp³-hybridized carbons (Fsp3) is 0.421. The summed E-state index contributed by atoms with van der Waals surface area (Å²) in [5, 5.41) is 0. The molecular weight excluding hydrogens is 258 g/mol. The minimum atomic E-state index is 0.187. The highest BCUT2D eigenvalue weighted by Gasteiger charge is 2.42. The van der Waals surface area contributed by atoms with E-state index in [-0.39, 0.29) is 11.0 Å². The molecule has 0 bridgehead atoms. The molecule has 0 spiro atoms. The molecule has 0 fully saturated rings. The van der Waals surface area contributed by atoms with E-state index in [9.17, 15) is 4.79 Å². The molecule has 1 unspecified atom stereocenters. The average molecular weight is 279 g/mol. The van der Waals surface area contributed by atoms with Crippen LogP contribution in [0.15, 0.2) is 41.2 Å². The van der Waals surface area contributed by atoms with Gasteiger partial charge in [0.15, 0.2) is 0 Å². The maximum absolute atomic E-state index is 12.6. The first kappa shape index (κ1) is 12.9. The Morgan fingerprint density at radius 2 is 2.00 bits per heavy atom. The third kappa shape index (κ3) is 1.75. The molecule has 1 aliphatic heterocycles. The van der Waals surface area contributed by atoms with Gasteiger partial charge in [-0.2, -0.15) is 0 Å². The summed E-state index contributed by atoms with van der Waals surface area (Å²) in [6.07, 6.45) is 5.87. The molecule has 1 aromatic carbocycles. The van der Waals surface area contributed by atoms with Gasteiger partial charge in [-0.3, -0.25) is 4.79 Å². The second kappa shape index (κ2) is 4.59. The molecular formula is C19H21NO. The third-order valence-electron chi connectivity index (χ3n) is 5.57. The van der Waals surface area contributed by atoms with Gasteiger partial charge in [0.05, 0.1) is 0 Å². The van der Waals surface area contributed by atoms with Crippen molar-refractivity contribution in [1.82, 2.24) is 4.57 Å². The molecule has 2 heteroatoms. The van der Waals surface area contributed by atoms with Gasteiger partial charge in [-0.1, -0.05) is 37.3 Å². The molecule has 0 saturated heterocycles. The van der Waals surface area contributed by atoms with E-state index in [1.54, 1.807) is 0 Å². The van der Waals surface area contributed by atoms with Gasteiger partial charge in [-0.25, -0.2) is 0 Å². The number of hydrogen-bond donors (Lipinski definition) is 0. The summed E-state index contributed by atoms with van der Waals surface area (Å²) >= 11 is 0. The third-order valence-corrected chi connectivity index (χ3v) is 5.57. The Balaban J connectivity index is 2.03. The normalized spacial score (nSPS) is 23.1. The first-order valence-corrected chi connectivity index (χ1v) is 8.08. The first-order chi connectivity index (χ1) is 10.2. The molecule has 0 amide bonds. The van der Waals surface area contributed by atoms with E-state index in [1.807, 2.05) is 12.1 Å². The van der Waals surface area contributed by atoms with Crippen LogP contribution in [0.25, 0.3) is 11.1 Å². The van der Waals surface area contributed by atoms with E-state index >= 15 is 0 Å². The molecule has 2 nitrogen and oxygen atoms in total. The van der Waals surface area contributed by atoms with Crippen LogP contribution in [-0.2, 0) is 18.4 Å². The molecule has 0 radical (unpaired) electrons. The van der Waals surface area contributed by atoms with E-state index in [0.29, 0.717) is 0 Å². The summed E-state index contributed by atoms with van der Waals surface area (Å²) in [5.41, 5.74) is 5.60. The Labute approximate surface area is 125 Å². The van der Waals surface area contributed by atoms with Crippen LogP contribution in [0.2, 0.25) is 0 Å². The molecule has 2 aromatic rings. The van der Waals surface area contributed by atoms with Crippen LogP contribution in [0.1, 0.15) is 43.9 Å². The minimum Gasteiger partial charge on any atom is -0.312 e. The predicted molar refractivity (Wildman–Crippen MR) is 85.7 cm³/mol. The van der Waals surface area contributed by atoms with Crippen LogP contribution < -0.4 is 5.56 Å². The van der Waals surface area contributed by atoms with Gasteiger partial charge in [-0.15, -0.1) is 0 Å². The summed E-state index contributed by atoms with van der Waals surface area (Å²) in [5.74, 6) is 0. The second-order valence-electron chi connectivity index (χ2n) is 6.48. The number of hydrogen-bond acceptors (Lipinski definition) is 1. The highest BCUT2D eigenvalue weighted by Crippen LogP contribution is 2.48. The Hall–Kier alpha value is -1.83. The topological polar surface area (TPSA) is 22.0 Å². The van der Waals surface area contributed by atoms with Crippen molar-refractivity contribution < 1.29 is 0 Å². The molecule has 108 valence electrons. The highest BCUT2D eigenvalue weighted by molar-refractivity contribution is 5.69. The zero-order valence-corrected chi connectivity index (χ0v) is 12.6. The van der Waals surface area contributed by atoms with Gasteiger partial charge < -0.3 is 4.57 Å². The molecule has 2 aliphatic rings. The van der Waals surface area contributed by atoms with Gasteiger partial charge >= 0.3 is 0 Å². The summed E-state index contributed by atoms with van der Waals surface area (Å²) < 4.78 is 2.07. The van der Waals surface area contributed by atoms with Gasteiger partial charge in [0.1, 0.15) is 0 Å². The lowest BCUT2D eigenvalue weighted by Gasteiger charge is -2.36. The number of nitrogens with zero attached hydrogens (tertiary/aromatic N) is 1. The largest absolute Gasteiger partial charge is 0.312 e. The van der Waals surface area contributed by atoms with Crippen LogP contribution in [0.3, 0.4) is 0 Å². The Kier molecular flexibility index (Phi) is 2.81. The van der Waals surface area contributed by atoms with Crippen molar-refractivity contribution in [1.29, 1.82) is 0 Å². The van der Waals surface area contributed by atoms with Crippen LogP contribution in [-0.4, -0.2) is 4.57 Å². The van der Waals surface area contributed by atoms with E-state index in [0.717, 1.165) is 25.8 Å². The number of benzene rings is 1. The minimum absolute atomic E-state index is 0.187. The number of rotatable bonds is 2. The molecule has 1 aromatic heterocycles. The predicted octanol–water partition coefficient (Wildman–Crippen LogP) is 3.90. The van der Waals surface area contributed by atoms with Crippen molar-refractivity contribution in [2.45, 2.75) is 51.0 Å².